The number of halogens is 2. The van der Waals surface area contributed by atoms with Gasteiger partial charge in [0.05, 0.1) is 12.1 Å². The van der Waals surface area contributed by atoms with Crippen molar-refractivity contribution in [2.24, 2.45) is 0 Å². The number of amides is 2. The first-order valence-electron chi connectivity index (χ1n) is 10.5. The largest absolute Gasteiger partial charge is 0.368 e. The van der Waals surface area contributed by atoms with Crippen molar-refractivity contribution in [1.29, 1.82) is 0 Å². The van der Waals surface area contributed by atoms with Crippen LogP contribution in [0.25, 0.3) is 0 Å². The fourth-order valence-electron chi connectivity index (χ4n) is 3.62. The van der Waals surface area contributed by atoms with Gasteiger partial charge in [0.15, 0.2) is 0 Å². The lowest BCUT2D eigenvalue weighted by Gasteiger charge is -2.36. The summed E-state index contributed by atoms with van der Waals surface area (Å²) in [7, 11) is 0. The first-order chi connectivity index (χ1) is 16.0. The quantitative estimate of drug-likeness (QED) is 0.578. The molecule has 7 nitrogen and oxygen atoms in total. The summed E-state index contributed by atoms with van der Waals surface area (Å²) in [6.45, 7) is 2.42. The van der Waals surface area contributed by atoms with E-state index in [1.165, 1.54) is 18.3 Å². The summed E-state index contributed by atoms with van der Waals surface area (Å²) in [4.78, 5) is 33.5. The standard InChI is InChI=1S/C24H23ClFN5O2/c25-17-6-8-20(9-7-17)30-11-13-31(14-12-30)22(32)16-28-24(33)21-5-2-10-27-23(21)29-19-4-1-3-18(26)15-19/h1-10,15H,11-14,16H2,(H,27,29)(H,28,33). The van der Waals surface area contributed by atoms with Crippen LogP contribution in [0, 0.1) is 5.82 Å². The molecule has 0 saturated carbocycles. The van der Waals surface area contributed by atoms with Gasteiger partial charge in [-0.25, -0.2) is 9.37 Å². The second kappa shape index (κ2) is 10.3. The van der Waals surface area contributed by atoms with E-state index in [1.54, 1.807) is 29.2 Å². The number of anilines is 3. The number of pyridine rings is 1. The van der Waals surface area contributed by atoms with Crippen molar-refractivity contribution in [2.75, 3.05) is 42.9 Å². The van der Waals surface area contributed by atoms with E-state index >= 15 is 0 Å². The summed E-state index contributed by atoms with van der Waals surface area (Å²) < 4.78 is 13.5. The van der Waals surface area contributed by atoms with Gasteiger partial charge in [-0.05, 0) is 54.6 Å². The number of nitrogens with zero attached hydrogens (tertiary/aromatic N) is 3. The zero-order valence-corrected chi connectivity index (χ0v) is 18.6. The molecule has 3 aromatic rings. The van der Waals surface area contributed by atoms with Gasteiger partial charge < -0.3 is 20.4 Å². The van der Waals surface area contributed by atoms with Crippen molar-refractivity contribution in [3.8, 4) is 0 Å². The van der Waals surface area contributed by atoms with Crippen molar-refractivity contribution in [3.05, 3.63) is 83.3 Å². The summed E-state index contributed by atoms with van der Waals surface area (Å²) in [5.74, 6) is -0.703. The lowest BCUT2D eigenvalue weighted by molar-refractivity contribution is -0.130. The first-order valence-corrected chi connectivity index (χ1v) is 10.9. The summed E-state index contributed by atoms with van der Waals surface area (Å²) in [5, 5.41) is 6.30. The maximum Gasteiger partial charge on any atom is 0.255 e. The molecule has 2 aromatic carbocycles. The Morgan fingerprint density at radius 2 is 1.76 bits per heavy atom. The predicted molar refractivity (Wildman–Crippen MR) is 126 cm³/mol. The van der Waals surface area contributed by atoms with E-state index in [9.17, 15) is 14.0 Å². The van der Waals surface area contributed by atoms with E-state index in [-0.39, 0.29) is 23.8 Å². The summed E-state index contributed by atoms with van der Waals surface area (Å²) in [6, 6.07) is 16.7. The molecule has 1 aliphatic rings. The van der Waals surface area contributed by atoms with E-state index in [2.05, 4.69) is 20.5 Å². The van der Waals surface area contributed by atoms with Crippen molar-refractivity contribution < 1.29 is 14.0 Å². The van der Waals surface area contributed by atoms with Crippen LogP contribution >= 0.6 is 11.6 Å². The SMILES string of the molecule is O=C(NCC(=O)N1CCN(c2ccc(Cl)cc2)CC1)c1cccnc1Nc1cccc(F)c1. The molecule has 2 N–H and O–H groups in total. The van der Waals surface area contributed by atoms with Crippen LogP contribution in [0.3, 0.4) is 0 Å². The van der Waals surface area contributed by atoms with E-state index in [1.807, 2.05) is 24.3 Å². The van der Waals surface area contributed by atoms with Crippen molar-refractivity contribution in [2.45, 2.75) is 0 Å². The van der Waals surface area contributed by atoms with Gasteiger partial charge in [-0.15, -0.1) is 0 Å². The van der Waals surface area contributed by atoms with Crippen LogP contribution in [-0.2, 0) is 4.79 Å². The second-order valence-electron chi connectivity index (χ2n) is 7.56. The van der Waals surface area contributed by atoms with Crippen molar-refractivity contribution >= 4 is 40.6 Å². The number of hydrogen-bond acceptors (Lipinski definition) is 5. The number of rotatable bonds is 6. The molecular formula is C24H23ClFN5O2. The van der Waals surface area contributed by atoms with Crippen LogP contribution in [0.1, 0.15) is 10.4 Å². The lowest BCUT2D eigenvalue weighted by Crippen LogP contribution is -2.51. The summed E-state index contributed by atoms with van der Waals surface area (Å²) in [6.07, 6.45) is 1.53. The molecule has 1 fully saturated rings. The van der Waals surface area contributed by atoms with E-state index in [0.717, 1.165) is 5.69 Å². The monoisotopic (exact) mass is 467 g/mol. The molecule has 0 atom stereocenters. The van der Waals surface area contributed by atoms with Crippen LogP contribution in [0.4, 0.5) is 21.6 Å². The van der Waals surface area contributed by atoms with Gasteiger partial charge in [0.1, 0.15) is 11.6 Å². The third kappa shape index (κ3) is 5.78. The smallest absolute Gasteiger partial charge is 0.255 e. The molecular weight excluding hydrogens is 445 g/mol. The zero-order chi connectivity index (χ0) is 23.2. The van der Waals surface area contributed by atoms with Crippen LogP contribution in [0.2, 0.25) is 5.02 Å². The van der Waals surface area contributed by atoms with Crippen LogP contribution in [0.15, 0.2) is 66.9 Å². The topological polar surface area (TPSA) is 77.6 Å². The summed E-state index contributed by atoms with van der Waals surface area (Å²) >= 11 is 5.95. The highest BCUT2D eigenvalue weighted by Crippen LogP contribution is 2.20. The van der Waals surface area contributed by atoms with E-state index in [4.69, 9.17) is 11.6 Å². The van der Waals surface area contributed by atoms with Crippen molar-refractivity contribution in [3.63, 3.8) is 0 Å². The molecule has 0 aliphatic carbocycles. The van der Waals surface area contributed by atoms with Gasteiger partial charge in [-0.1, -0.05) is 17.7 Å². The van der Waals surface area contributed by atoms with Gasteiger partial charge in [-0.3, -0.25) is 9.59 Å². The highest BCUT2D eigenvalue weighted by molar-refractivity contribution is 6.30. The molecule has 2 heterocycles. The average molecular weight is 468 g/mol. The highest BCUT2D eigenvalue weighted by atomic mass is 35.5. The highest BCUT2D eigenvalue weighted by Gasteiger charge is 2.22. The Hall–Kier alpha value is -3.65. The molecule has 0 bridgehead atoms. The molecule has 0 spiro atoms. The molecule has 0 radical (unpaired) electrons. The van der Waals surface area contributed by atoms with Gasteiger partial charge in [0, 0.05) is 48.8 Å². The minimum Gasteiger partial charge on any atom is -0.368 e. The van der Waals surface area contributed by atoms with E-state index < -0.39 is 11.7 Å². The molecule has 2 amide bonds. The predicted octanol–water partition coefficient (Wildman–Crippen LogP) is 3.70. The Kier molecular flexibility index (Phi) is 7.04. The van der Waals surface area contributed by atoms with Crippen molar-refractivity contribution in [1.82, 2.24) is 15.2 Å². The Morgan fingerprint density at radius 3 is 2.48 bits per heavy atom. The Balaban J connectivity index is 1.31. The van der Waals surface area contributed by atoms with Crippen LogP contribution < -0.4 is 15.5 Å². The summed E-state index contributed by atoms with van der Waals surface area (Å²) in [5.41, 5.74) is 1.80. The van der Waals surface area contributed by atoms with Crippen LogP contribution in [0.5, 0.6) is 0 Å². The number of nitrogens with one attached hydrogen (secondary N) is 2. The van der Waals surface area contributed by atoms with Crippen LogP contribution in [-0.4, -0.2) is 54.4 Å². The number of carbonyl (C=O) groups is 2. The number of hydrogen-bond donors (Lipinski definition) is 2. The fraction of sp³-hybridized carbons (Fsp3) is 0.208. The number of aromatic nitrogens is 1. The van der Waals surface area contributed by atoms with Gasteiger partial charge >= 0.3 is 0 Å². The molecule has 4 rings (SSSR count). The third-order valence-electron chi connectivity index (χ3n) is 5.36. The number of benzene rings is 2. The zero-order valence-electron chi connectivity index (χ0n) is 17.8. The molecule has 33 heavy (non-hydrogen) atoms. The van der Waals surface area contributed by atoms with E-state index in [0.29, 0.717) is 36.9 Å². The molecule has 1 aliphatic heterocycles. The third-order valence-corrected chi connectivity index (χ3v) is 5.62. The minimum atomic E-state index is -0.435. The number of carbonyl (C=O) groups excluding carboxylic acids is 2. The lowest BCUT2D eigenvalue weighted by atomic mass is 10.2. The molecule has 170 valence electrons. The first kappa shape index (κ1) is 22.5. The molecule has 1 aromatic heterocycles. The Labute approximate surface area is 196 Å². The normalized spacial score (nSPS) is 13.5. The minimum absolute atomic E-state index is 0.117. The molecule has 9 heteroatoms. The molecule has 1 saturated heterocycles. The fourth-order valence-corrected chi connectivity index (χ4v) is 3.75. The maximum absolute atomic E-state index is 13.5. The molecule has 0 unspecified atom stereocenters. The van der Waals surface area contributed by atoms with Gasteiger partial charge in [0.2, 0.25) is 5.91 Å². The Morgan fingerprint density at radius 1 is 1.00 bits per heavy atom. The van der Waals surface area contributed by atoms with Gasteiger partial charge in [0.25, 0.3) is 5.91 Å². The second-order valence-corrected chi connectivity index (χ2v) is 8.00. The maximum atomic E-state index is 13.5. The van der Waals surface area contributed by atoms with Gasteiger partial charge in [-0.2, -0.15) is 0 Å². The Bertz CT molecular complexity index is 1130. The average Bonchev–Trinajstić information content (AvgIpc) is 2.83. The number of piperazine rings is 1.